The maximum absolute atomic E-state index is 5.01. The van der Waals surface area contributed by atoms with Gasteiger partial charge in [-0.25, -0.2) is 5.32 Å². The molecule has 0 saturated heterocycles. The second kappa shape index (κ2) is 4.15. The number of aryl methyl sites for hydroxylation is 1. The van der Waals surface area contributed by atoms with Gasteiger partial charge in [-0.1, -0.05) is 18.2 Å². The van der Waals surface area contributed by atoms with Crippen molar-refractivity contribution >= 4 is 17.3 Å². The van der Waals surface area contributed by atoms with Gasteiger partial charge in [-0.3, -0.25) is 0 Å². The highest BCUT2D eigenvalue weighted by atomic mass is 32.1. The van der Waals surface area contributed by atoms with Crippen LogP contribution in [0.4, 0.5) is 0 Å². The summed E-state index contributed by atoms with van der Waals surface area (Å²) in [6.45, 7) is 2.21. The summed E-state index contributed by atoms with van der Waals surface area (Å²) >= 11 is 5.01. The molecule has 0 saturated carbocycles. The molecule has 0 fully saturated rings. The van der Waals surface area contributed by atoms with Gasteiger partial charge in [0.2, 0.25) is 0 Å². The summed E-state index contributed by atoms with van der Waals surface area (Å²) in [6.07, 6.45) is 5.39. The van der Waals surface area contributed by atoms with Crippen LogP contribution in [0.2, 0.25) is 0 Å². The van der Waals surface area contributed by atoms with Gasteiger partial charge < -0.3 is 5.32 Å². The average molecular weight is 243 g/mol. The first kappa shape index (κ1) is 10.8. The standard InChI is InChI=1S/C14H15N2S/c1-9-3-2-4-13-10(5-6-12(9)13)7-11-8-15-14(17)16-11/h2-4,8,10H,5-7H2,1H3,(H,15,17). The Kier molecular flexibility index (Phi) is 2.63. The van der Waals surface area contributed by atoms with Crippen molar-refractivity contribution in [2.45, 2.75) is 32.1 Å². The Morgan fingerprint density at radius 3 is 3.12 bits per heavy atom. The minimum absolute atomic E-state index is 0.600. The lowest BCUT2D eigenvalue weighted by Gasteiger charge is -2.11. The molecule has 0 bridgehead atoms. The minimum Gasteiger partial charge on any atom is -0.336 e. The molecule has 1 aromatic rings. The number of allylic oxidation sites excluding steroid dienone is 1. The Morgan fingerprint density at radius 1 is 1.47 bits per heavy atom. The second-order valence-corrected chi connectivity index (χ2v) is 5.17. The largest absolute Gasteiger partial charge is 0.336 e. The van der Waals surface area contributed by atoms with Crippen molar-refractivity contribution in [2.24, 2.45) is 0 Å². The van der Waals surface area contributed by atoms with E-state index < -0.39 is 0 Å². The van der Waals surface area contributed by atoms with E-state index in [0.29, 0.717) is 11.0 Å². The third-order valence-electron chi connectivity index (χ3n) is 3.69. The summed E-state index contributed by atoms with van der Waals surface area (Å²) in [5.74, 6) is 0.614. The third-order valence-corrected chi connectivity index (χ3v) is 3.90. The normalized spacial score (nSPS) is 21.8. The van der Waals surface area contributed by atoms with Gasteiger partial charge in [-0.15, -0.1) is 0 Å². The van der Waals surface area contributed by atoms with E-state index in [9.17, 15) is 0 Å². The van der Waals surface area contributed by atoms with Crippen LogP contribution in [0.25, 0.3) is 0 Å². The first-order valence-electron chi connectivity index (χ1n) is 6.03. The minimum atomic E-state index is 0.600. The summed E-state index contributed by atoms with van der Waals surface area (Å²) in [5, 5.41) is 7.91. The van der Waals surface area contributed by atoms with Gasteiger partial charge in [0, 0.05) is 6.20 Å². The topological polar surface area (TPSA) is 26.1 Å². The SMILES string of the molecule is Cc1cccc2c1CCC2CC1=CNC(=S)[N]1. The van der Waals surface area contributed by atoms with E-state index in [0.717, 1.165) is 12.1 Å². The zero-order valence-corrected chi connectivity index (χ0v) is 10.7. The Labute approximate surface area is 107 Å². The number of nitrogens with zero attached hydrogens (tertiary/aromatic N) is 1. The maximum atomic E-state index is 5.01. The van der Waals surface area contributed by atoms with Crippen LogP contribution >= 0.6 is 12.2 Å². The Bertz CT molecular complexity index is 505. The molecule has 3 heteroatoms. The fourth-order valence-electron chi connectivity index (χ4n) is 2.83. The zero-order valence-electron chi connectivity index (χ0n) is 9.86. The molecule has 1 aromatic carbocycles. The lowest BCUT2D eigenvalue weighted by atomic mass is 9.95. The Hall–Kier alpha value is -1.35. The molecule has 1 unspecified atom stereocenters. The molecule has 1 radical (unpaired) electrons. The van der Waals surface area contributed by atoms with E-state index in [1.807, 2.05) is 6.20 Å². The van der Waals surface area contributed by atoms with E-state index in [1.165, 1.54) is 24.0 Å². The number of benzene rings is 1. The van der Waals surface area contributed by atoms with E-state index in [-0.39, 0.29) is 0 Å². The lowest BCUT2D eigenvalue weighted by molar-refractivity contribution is 0.658. The van der Waals surface area contributed by atoms with Crippen LogP contribution in [0, 0.1) is 6.92 Å². The Balaban J connectivity index is 1.80. The number of rotatable bonds is 2. The van der Waals surface area contributed by atoms with Crippen molar-refractivity contribution in [3.63, 3.8) is 0 Å². The maximum Gasteiger partial charge on any atom is 0.197 e. The van der Waals surface area contributed by atoms with Crippen LogP contribution in [0.15, 0.2) is 30.1 Å². The van der Waals surface area contributed by atoms with Crippen molar-refractivity contribution in [3.8, 4) is 0 Å². The van der Waals surface area contributed by atoms with Crippen molar-refractivity contribution < 1.29 is 0 Å². The zero-order chi connectivity index (χ0) is 11.8. The van der Waals surface area contributed by atoms with E-state index >= 15 is 0 Å². The van der Waals surface area contributed by atoms with E-state index in [4.69, 9.17) is 12.2 Å². The number of hydrogen-bond acceptors (Lipinski definition) is 1. The first-order chi connectivity index (χ1) is 8.24. The number of hydrogen-bond donors (Lipinski definition) is 1. The molecule has 2 aliphatic rings. The average Bonchev–Trinajstić information content (AvgIpc) is 2.88. The predicted molar refractivity (Wildman–Crippen MR) is 72.8 cm³/mol. The first-order valence-corrected chi connectivity index (χ1v) is 6.44. The highest BCUT2D eigenvalue weighted by Crippen LogP contribution is 2.38. The van der Waals surface area contributed by atoms with Crippen molar-refractivity contribution in [3.05, 3.63) is 46.8 Å². The lowest BCUT2D eigenvalue weighted by Crippen LogP contribution is -2.16. The molecule has 0 aromatic heterocycles. The van der Waals surface area contributed by atoms with Gasteiger partial charge in [-0.2, -0.15) is 0 Å². The van der Waals surface area contributed by atoms with Crippen LogP contribution in [-0.4, -0.2) is 5.11 Å². The summed E-state index contributed by atoms with van der Waals surface area (Å²) in [5.41, 5.74) is 5.58. The third kappa shape index (κ3) is 1.95. The molecular formula is C14H15N2S. The van der Waals surface area contributed by atoms with Gasteiger partial charge >= 0.3 is 0 Å². The van der Waals surface area contributed by atoms with Gasteiger partial charge in [0.1, 0.15) is 0 Å². The molecule has 0 amide bonds. The van der Waals surface area contributed by atoms with Crippen LogP contribution in [0.5, 0.6) is 0 Å². The number of thiocarbonyl (C=S) groups is 1. The highest BCUT2D eigenvalue weighted by molar-refractivity contribution is 7.80. The van der Waals surface area contributed by atoms with Crippen LogP contribution in [0.1, 0.15) is 35.4 Å². The number of fused-ring (bicyclic) bond motifs is 1. The smallest absolute Gasteiger partial charge is 0.197 e. The molecule has 1 N–H and O–H groups in total. The van der Waals surface area contributed by atoms with Gasteiger partial charge in [0.05, 0.1) is 5.70 Å². The molecule has 1 atom stereocenters. The molecule has 0 spiro atoms. The van der Waals surface area contributed by atoms with Crippen LogP contribution in [0.3, 0.4) is 0 Å². The highest BCUT2D eigenvalue weighted by Gasteiger charge is 2.25. The van der Waals surface area contributed by atoms with Crippen molar-refractivity contribution in [2.75, 3.05) is 0 Å². The fraction of sp³-hybridized carbons (Fsp3) is 0.357. The summed E-state index contributed by atoms with van der Waals surface area (Å²) < 4.78 is 0. The molecule has 1 aliphatic carbocycles. The van der Waals surface area contributed by atoms with Crippen LogP contribution < -0.4 is 10.6 Å². The molecule has 2 nitrogen and oxygen atoms in total. The predicted octanol–water partition coefficient (Wildman–Crippen LogP) is 2.75. The fourth-order valence-corrected chi connectivity index (χ4v) is 3.01. The molecular weight excluding hydrogens is 228 g/mol. The quantitative estimate of drug-likeness (QED) is 0.808. The molecule has 17 heavy (non-hydrogen) atoms. The number of nitrogens with one attached hydrogen (secondary N) is 1. The van der Waals surface area contributed by atoms with Gasteiger partial charge in [0.25, 0.3) is 0 Å². The van der Waals surface area contributed by atoms with Crippen LogP contribution in [-0.2, 0) is 6.42 Å². The van der Waals surface area contributed by atoms with Gasteiger partial charge in [-0.05, 0) is 61.0 Å². The molecule has 1 heterocycles. The van der Waals surface area contributed by atoms with E-state index in [2.05, 4.69) is 35.8 Å². The second-order valence-electron chi connectivity index (χ2n) is 4.78. The summed E-state index contributed by atoms with van der Waals surface area (Å²) in [4.78, 5) is 0. The van der Waals surface area contributed by atoms with E-state index in [1.54, 1.807) is 5.56 Å². The summed E-state index contributed by atoms with van der Waals surface area (Å²) in [7, 11) is 0. The van der Waals surface area contributed by atoms with Crippen molar-refractivity contribution in [1.29, 1.82) is 0 Å². The molecule has 87 valence electrons. The van der Waals surface area contributed by atoms with Crippen molar-refractivity contribution in [1.82, 2.24) is 10.6 Å². The Morgan fingerprint density at radius 2 is 2.35 bits per heavy atom. The summed E-state index contributed by atoms with van der Waals surface area (Å²) in [6, 6.07) is 6.63. The molecule has 1 aliphatic heterocycles. The molecule has 3 rings (SSSR count). The van der Waals surface area contributed by atoms with Gasteiger partial charge in [0.15, 0.2) is 5.11 Å². The monoisotopic (exact) mass is 243 g/mol.